The molecule has 9 amide bonds. The molecule has 18 N–H and O–H groups in total. The SMILES string of the molecule is CCCCCCCCCCCCCCCC(=O)NCCCCC(NC(=O)C(CCCCNC(=O)COCCOCCOCCO[C@@H]1O[C@H](CO)[C@H](O)[C@H](O)[C@H]1NC(C)=O)NC(=O)C(CCCCNC(=O)COCCOCCOCCO[C@@H]1O[C@H](CO)[C@H](O)[C@H](O)[C@H]1NC(C)=O)NC(=O)COCCOCCOCCO[C@@H]1O[C@H](CO)[C@H](O)[C@H](O)[C@H]1NC(C)=O)C(C)=O. The second kappa shape index (κ2) is 71.7. The highest BCUT2D eigenvalue weighted by molar-refractivity contribution is 5.94. The number of hydrogen-bond donors (Lipinski definition) is 18. The van der Waals surface area contributed by atoms with Crippen LogP contribution in [0.3, 0.4) is 0 Å². The average Bonchev–Trinajstić information content (AvgIpc) is 0.817. The van der Waals surface area contributed by atoms with E-state index in [0.717, 1.165) is 25.7 Å². The van der Waals surface area contributed by atoms with Gasteiger partial charge in [0.05, 0.1) is 145 Å². The Hall–Kier alpha value is -6.06. The fraction of sp³-hybridized carbons (Fsp3) is 0.880. The maximum absolute atomic E-state index is 14.5. The van der Waals surface area contributed by atoms with Crippen LogP contribution in [0.2, 0.25) is 0 Å². The Balaban J connectivity index is 1.58. The number of carbonyl (C=O) groups is 10. The summed E-state index contributed by atoms with van der Waals surface area (Å²) < 4.78 is 83.3. The molecule has 3 saturated heterocycles. The summed E-state index contributed by atoms with van der Waals surface area (Å²) in [6.07, 6.45) is 2.56. The van der Waals surface area contributed by atoms with Crippen molar-refractivity contribution < 1.29 is 165 Å². The van der Waals surface area contributed by atoms with Crippen molar-refractivity contribution in [3.05, 3.63) is 0 Å². The lowest BCUT2D eigenvalue weighted by Crippen LogP contribution is -2.64. The Bertz CT molecular complexity index is 2950. The Morgan fingerprint density at radius 2 is 0.571 bits per heavy atom. The first-order valence-electron chi connectivity index (χ1n) is 44.7. The van der Waals surface area contributed by atoms with E-state index in [2.05, 4.69) is 54.8 Å². The number of ether oxygens (including phenoxy) is 15. The van der Waals surface area contributed by atoms with E-state index in [1.807, 2.05) is 0 Å². The highest BCUT2D eigenvalue weighted by Gasteiger charge is 2.48. The highest BCUT2D eigenvalue weighted by atomic mass is 16.7. The van der Waals surface area contributed by atoms with Crippen molar-refractivity contribution in [3.63, 3.8) is 0 Å². The smallest absolute Gasteiger partial charge is 0.246 e. The van der Waals surface area contributed by atoms with Gasteiger partial charge in [-0.1, -0.05) is 84.0 Å². The molecule has 0 aromatic carbocycles. The molecule has 3 unspecified atom stereocenters. The number of aliphatic hydroxyl groups is 9. The van der Waals surface area contributed by atoms with E-state index in [-0.39, 0.29) is 189 Å². The molecule has 0 bridgehead atoms. The molecule has 3 aliphatic rings. The first-order valence-corrected chi connectivity index (χ1v) is 44.7. The molecule has 0 aromatic rings. The average molecular weight is 1820 g/mol. The molecule has 3 fully saturated rings. The Morgan fingerprint density at radius 3 is 0.881 bits per heavy atom. The third-order valence-corrected chi connectivity index (χ3v) is 20.5. The molecule has 732 valence electrons. The molecule has 43 heteroatoms. The molecule has 0 radical (unpaired) electrons. The number of unbranched alkanes of at least 4 members (excludes halogenated alkanes) is 15. The van der Waals surface area contributed by atoms with Crippen molar-refractivity contribution >= 4 is 58.9 Å². The third kappa shape index (κ3) is 51.5. The first-order chi connectivity index (χ1) is 60.8. The summed E-state index contributed by atoms with van der Waals surface area (Å²) in [5.74, 6) is -4.92. The lowest BCUT2D eigenvalue weighted by atomic mass is 9.97. The van der Waals surface area contributed by atoms with Gasteiger partial charge in [0, 0.05) is 46.8 Å². The van der Waals surface area contributed by atoms with Crippen LogP contribution in [0, 0.1) is 0 Å². The van der Waals surface area contributed by atoms with Gasteiger partial charge in [0.25, 0.3) is 0 Å². The molecule has 3 aliphatic heterocycles. The van der Waals surface area contributed by atoms with Crippen molar-refractivity contribution in [2.45, 2.75) is 292 Å². The second-order valence-electron chi connectivity index (χ2n) is 31.1. The number of ketones is 1. The largest absolute Gasteiger partial charge is 0.394 e. The lowest BCUT2D eigenvalue weighted by molar-refractivity contribution is -0.272. The molecule has 43 nitrogen and oxygen atoms in total. The summed E-state index contributed by atoms with van der Waals surface area (Å²) >= 11 is 0. The zero-order valence-corrected chi connectivity index (χ0v) is 74.5. The third-order valence-electron chi connectivity index (χ3n) is 20.5. The molecule has 0 aromatic heterocycles. The number of rotatable bonds is 77. The number of hydrogen-bond acceptors (Lipinski definition) is 34. The van der Waals surface area contributed by atoms with E-state index < -0.39 is 184 Å². The fourth-order valence-electron chi connectivity index (χ4n) is 13.6. The summed E-state index contributed by atoms with van der Waals surface area (Å²) in [6, 6.07) is -6.81. The Kier molecular flexibility index (Phi) is 64.9. The van der Waals surface area contributed by atoms with Crippen molar-refractivity contribution in [2.24, 2.45) is 0 Å². The molecule has 0 spiro atoms. The van der Waals surface area contributed by atoms with Crippen LogP contribution in [-0.4, -0.2) is 393 Å². The van der Waals surface area contributed by atoms with Gasteiger partial charge >= 0.3 is 0 Å². The molecule has 18 atom stereocenters. The second-order valence-corrected chi connectivity index (χ2v) is 31.1. The van der Waals surface area contributed by atoms with Gasteiger partial charge in [0.15, 0.2) is 24.7 Å². The zero-order chi connectivity index (χ0) is 92.5. The van der Waals surface area contributed by atoms with Crippen LogP contribution in [0.15, 0.2) is 0 Å². The van der Waals surface area contributed by atoms with Gasteiger partial charge in [-0.3, -0.25) is 47.9 Å². The summed E-state index contributed by atoms with van der Waals surface area (Å²) in [5.41, 5.74) is 0. The highest BCUT2D eigenvalue weighted by Crippen LogP contribution is 2.26. The standard InChI is InChI=1S/C83H151N9O34/c1-6-7-8-9-10-11-12-13-14-15-16-17-18-28-66(100)84-29-22-19-25-60(56(2)96)91-80(111)62(27-21-24-31-86-68(102)54-119-42-39-113-33-36-116-45-48-122-82-71(88-58(4)98)77(108)74(105)64(51-94)125-82)92-79(110)61(90-69(103)55-120-43-40-114-34-37-117-46-49-123-83-72(89-59(5)99)78(109)75(106)65(52-95)126-83)26-20-23-30-85-67(101)53-118-41-38-112-32-35-115-44-47-121-81-70(87-57(3)97)76(107)73(104)63(50-93)124-81/h60-65,70-78,81-83,93-95,104-109H,6-55H2,1-5H3,(H,84,100)(H,85,101)(H,86,102)(H,87,97)(H,88,98)(H,89,99)(H,90,103)(H,91,111)(H,92,110)/t60?,61?,62?,63-,64-,65-,70-,71-,72-,73+,74+,75+,76-,77-,78-,81-,82-,83-/m1/s1. The van der Waals surface area contributed by atoms with Crippen molar-refractivity contribution in [1.29, 1.82) is 0 Å². The summed E-state index contributed by atoms with van der Waals surface area (Å²) in [7, 11) is 0. The summed E-state index contributed by atoms with van der Waals surface area (Å²) in [6.45, 7) is 6.08. The lowest BCUT2D eigenvalue weighted by Gasteiger charge is -2.42. The van der Waals surface area contributed by atoms with E-state index in [0.29, 0.717) is 38.6 Å². The zero-order valence-electron chi connectivity index (χ0n) is 74.5. The number of Topliss-reactive ketones (excluding diaryl/α,β-unsaturated/α-hetero) is 1. The van der Waals surface area contributed by atoms with Gasteiger partial charge in [-0.15, -0.1) is 0 Å². The monoisotopic (exact) mass is 1820 g/mol. The van der Waals surface area contributed by atoms with Crippen LogP contribution in [-0.2, 0) is 119 Å². The minimum Gasteiger partial charge on any atom is -0.394 e. The van der Waals surface area contributed by atoms with Crippen molar-refractivity contribution in [3.8, 4) is 0 Å². The number of amides is 9. The van der Waals surface area contributed by atoms with E-state index in [9.17, 15) is 93.9 Å². The summed E-state index contributed by atoms with van der Waals surface area (Å²) in [4.78, 5) is 129. The first kappa shape index (κ1) is 114. The van der Waals surface area contributed by atoms with E-state index >= 15 is 0 Å². The molecule has 0 saturated carbocycles. The Morgan fingerprint density at radius 1 is 0.302 bits per heavy atom. The van der Waals surface area contributed by atoms with Crippen molar-refractivity contribution in [2.75, 3.05) is 178 Å². The van der Waals surface area contributed by atoms with E-state index in [4.69, 9.17) is 71.1 Å². The van der Waals surface area contributed by atoms with E-state index in [1.165, 1.54) is 85.5 Å². The summed E-state index contributed by atoms with van der Waals surface area (Å²) in [5, 5.41) is 115. The van der Waals surface area contributed by atoms with Gasteiger partial charge in [-0.2, -0.15) is 0 Å². The van der Waals surface area contributed by atoms with Crippen LogP contribution in [0.25, 0.3) is 0 Å². The minimum absolute atomic E-state index is 0.0135. The van der Waals surface area contributed by atoms with Crippen molar-refractivity contribution in [1.82, 2.24) is 47.9 Å². The Labute approximate surface area is 739 Å². The predicted molar refractivity (Wildman–Crippen MR) is 449 cm³/mol. The van der Waals surface area contributed by atoms with Crippen LogP contribution < -0.4 is 47.9 Å². The van der Waals surface area contributed by atoms with Gasteiger partial charge in [-0.25, -0.2) is 0 Å². The quantitative estimate of drug-likeness (QED) is 0.0262. The molecule has 0 aliphatic carbocycles. The maximum atomic E-state index is 14.5. The van der Waals surface area contributed by atoms with Crippen LogP contribution in [0.1, 0.15) is 182 Å². The van der Waals surface area contributed by atoms with Gasteiger partial charge < -0.3 is 165 Å². The van der Waals surface area contributed by atoms with Crippen LogP contribution >= 0.6 is 0 Å². The van der Waals surface area contributed by atoms with Gasteiger partial charge in [-0.05, 0) is 71.1 Å². The molecule has 126 heavy (non-hydrogen) atoms. The number of aliphatic hydroxyl groups excluding tert-OH is 9. The molecular weight excluding hydrogens is 1670 g/mol. The maximum Gasteiger partial charge on any atom is 0.246 e. The predicted octanol–water partition coefficient (Wildman–Crippen LogP) is -3.60. The topological polar surface area (TPSA) is 599 Å². The molecule has 3 heterocycles. The van der Waals surface area contributed by atoms with Crippen LogP contribution in [0.4, 0.5) is 0 Å². The number of nitrogens with one attached hydrogen (secondary N) is 9. The normalized spacial score (nSPS) is 23.1. The van der Waals surface area contributed by atoms with E-state index in [1.54, 1.807) is 0 Å². The number of carbonyl (C=O) groups excluding carboxylic acids is 10. The molecular formula is C83H151N9O34. The minimum atomic E-state index is -1.48. The van der Waals surface area contributed by atoms with Gasteiger partial charge in [0.1, 0.15) is 105 Å². The molecule has 3 rings (SSSR count). The van der Waals surface area contributed by atoms with Gasteiger partial charge in [0.2, 0.25) is 53.2 Å². The fourth-order valence-corrected chi connectivity index (χ4v) is 13.6. The van der Waals surface area contributed by atoms with Crippen LogP contribution in [0.5, 0.6) is 0 Å².